The van der Waals surface area contributed by atoms with E-state index in [0.29, 0.717) is 24.7 Å². The molecule has 0 radical (unpaired) electrons. The summed E-state index contributed by atoms with van der Waals surface area (Å²) in [5.41, 5.74) is 0. The summed E-state index contributed by atoms with van der Waals surface area (Å²) in [5, 5.41) is 8.17. The summed E-state index contributed by atoms with van der Waals surface area (Å²) in [5.74, 6) is -0.214. The topological polar surface area (TPSA) is 109 Å². The first kappa shape index (κ1) is 10.3. The van der Waals surface area contributed by atoms with Crippen LogP contribution in [0.5, 0.6) is 0 Å². The van der Waals surface area contributed by atoms with Crippen molar-refractivity contribution in [3.8, 4) is 0 Å². The molecule has 2 rings (SSSR count). The van der Waals surface area contributed by atoms with Gasteiger partial charge in [0.25, 0.3) is 0 Å². The number of nitrogens with one attached hydrogen (secondary N) is 2. The maximum atomic E-state index is 10.8. The van der Waals surface area contributed by atoms with E-state index in [4.69, 9.17) is 4.52 Å². The number of hydrogen-bond donors (Lipinski definition) is 2. The molecule has 2 N–H and O–H groups in total. The van der Waals surface area contributed by atoms with Gasteiger partial charge in [-0.2, -0.15) is 4.98 Å². The Balaban J connectivity index is 1.86. The number of carbonyl (C=O) groups excluding carboxylic acids is 2. The van der Waals surface area contributed by atoms with Crippen LogP contribution in [0.1, 0.15) is 11.7 Å². The molecule has 8 heteroatoms. The second-order valence-corrected chi connectivity index (χ2v) is 3.12. The lowest BCUT2D eigenvalue weighted by molar-refractivity contribution is -0.135. The molecule has 1 aromatic heterocycles. The third kappa shape index (κ3) is 2.22. The molecule has 0 aliphatic carbocycles. The van der Waals surface area contributed by atoms with E-state index in [0.717, 1.165) is 0 Å². The highest BCUT2D eigenvalue weighted by Crippen LogP contribution is 1.97. The lowest BCUT2D eigenvalue weighted by atomic mass is 10.4. The van der Waals surface area contributed by atoms with E-state index in [2.05, 4.69) is 25.8 Å². The van der Waals surface area contributed by atoms with Crippen LogP contribution in [0.15, 0.2) is 9.52 Å². The summed E-state index contributed by atoms with van der Waals surface area (Å²) < 4.78 is 4.87. The minimum Gasteiger partial charge on any atom is -0.339 e. The van der Waals surface area contributed by atoms with Crippen LogP contribution >= 0.6 is 0 Å². The summed E-state index contributed by atoms with van der Waals surface area (Å²) >= 11 is 0. The van der Waals surface area contributed by atoms with Crippen LogP contribution in [-0.2, 0) is 16.0 Å². The van der Waals surface area contributed by atoms with Gasteiger partial charge in [0.2, 0.25) is 11.9 Å². The third-order valence-electron chi connectivity index (χ3n) is 1.84. The average molecular weight is 223 g/mol. The molecule has 0 bridgehead atoms. The molecule has 0 unspecified atom stereocenters. The molecule has 0 atom stereocenters. The summed E-state index contributed by atoms with van der Waals surface area (Å²) in [4.78, 5) is 29.5. The van der Waals surface area contributed by atoms with E-state index in [-0.39, 0.29) is 5.96 Å². The lowest BCUT2D eigenvalue weighted by Crippen LogP contribution is -2.26. The van der Waals surface area contributed by atoms with Gasteiger partial charge >= 0.3 is 11.8 Å². The highest BCUT2D eigenvalue weighted by molar-refractivity contribution is 6.45. The monoisotopic (exact) mass is 223 g/mol. The van der Waals surface area contributed by atoms with Gasteiger partial charge in [0.05, 0.1) is 6.54 Å². The lowest BCUT2D eigenvalue weighted by Gasteiger charge is -1.94. The minimum absolute atomic E-state index is 0.159. The van der Waals surface area contributed by atoms with Crippen molar-refractivity contribution in [1.29, 1.82) is 0 Å². The van der Waals surface area contributed by atoms with Gasteiger partial charge in [0.1, 0.15) is 0 Å². The minimum atomic E-state index is -0.701. The largest absolute Gasteiger partial charge is 0.339 e. The van der Waals surface area contributed by atoms with Gasteiger partial charge in [0.15, 0.2) is 5.82 Å². The van der Waals surface area contributed by atoms with Gasteiger partial charge in [-0.1, -0.05) is 5.16 Å². The van der Waals surface area contributed by atoms with Gasteiger partial charge in [0, 0.05) is 6.42 Å². The Hall–Kier alpha value is -2.25. The Morgan fingerprint density at radius 1 is 1.31 bits per heavy atom. The standard InChI is InChI=1S/C8H9N5O3/c1-4-10-5(16-13-4)2-3-9-8-11-6(14)7(15)12-8/h2-3H2,1H3,(H2,9,11,12,14,15). The van der Waals surface area contributed by atoms with Crippen LogP contribution < -0.4 is 10.6 Å². The summed E-state index contributed by atoms with van der Waals surface area (Å²) in [6, 6.07) is 0. The first-order valence-corrected chi connectivity index (χ1v) is 4.61. The molecule has 1 saturated heterocycles. The Morgan fingerprint density at radius 3 is 2.56 bits per heavy atom. The molecule has 8 nitrogen and oxygen atoms in total. The van der Waals surface area contributed by atoms with E-state index in [9.17, 15) is 9.59 Å². The van der Waals surface area contributed by atoms with Crippen LogP contribution in [0.25, 0.3) is 0 Å². The zero-order valence-corrected chi connectivity index (χ0v) is 8.48. The van der Waals surface area contributed by atoms with E-state index in [1.54, 1.807) is 6.92 Å². The zero-order chi connectivity index (χ0) is 11.5. The van der Waals surface area contributed by atoms with Crippen LogP contribution in [0.3, 0.4) is 0 Å². The number of carbonyl (C=O) groups is 2. The van der Waals surface area contributed by atoms with Crippen molar-refractivity contribution >= 4 is 17.8 Å². The fourth-order valence-corrected chi connectivity index (χ4v) is 1.14. The molecule has 2 heterocycles. The van der Waals surface area contributed by atoms with Crippen molar-refractivity contribution in [2.24, 2.45) is 4.99 Å². The number of amides is 2. The van der Waals surface area contributed by atoms with E-state index >= 15 is 0 Å². The molecule has 0 spiro atoms. The number of nitrogens with zero attached hydrogens (tertiary/aromatic N) is 3. The molecule has 1 aromatic rings. The predicted octanol–water partition coefficient (Wildman–Crippen LogP) is -1.48. The quantitative estimate of drug-likeness (QED) is 0.607. The number of aliphatic imine (C=N–C) groups is 1. The molecule has 84 valence electrons. The number of aromatic nitrogens is 2. The Bertz CT molecular complexity index is 446. The second kappa shape index (κ2) is 4.09. The Labute approximate surface area is 90.1 Å². The molecular weight excluding hydrogens is 214 g/mol. The average Bonchev–Trinajstić information content (AvgIpc) is 2.75. The zero-order valence-electron chi connectivity index (χ0n) is 8.48. The number of rotatable bonds is 3. The van der Waals surface area contributed by atoms with Crippen molar-refractivity contribution in [2.75, 3.05) is 6.54 Å². The van der Waals surface area contributed by atoms with Crippen molar-refractivity contribution in [2.45, 2.75) is 13.3 Å². The highest BCUT2D eigenvalue weighted by atomic mass is 16.5. The SMILES string of the molecule is Cc1noc(CCN=C2NC(=O)C(=O)N2)n1. The molecule has 1 aliphatic heterocycles. The van der Waals surface area contributed by atoms with Crippen molar-refractivity contribution < 1.29 is 14.1 Å². The van der Waals surface area contributed by atoms with Gasteiger partial charge < -0.3 is 4.52 Å². The first-order valence-electron chi connectivity index (χ1n) is 4.61. The Morgan fingerprint density at radius 2 is 2.00 bits per heavy atom. The molecule has 0 aromatic carbocycles. The summed E-state index contributed by atoms with van der Waals surface area (Å²) in [6.07, 6.45) is 0.454. The van der Waals surface area contributed by atoms with Gasteiger partial charge in [-0.15, -0.1) is 0 Å². The van der Waals surface area contributed by atoms with Gasteiger partial charge in [-0.3, -0.25) is 25.2 Å². The fourth-order valence-electron chi connectivity index (χ4n) is 1.14. The van der Waals surface area contributed by atoms with Gasteiger partial charge in [-0.25, -0.2) is 0 Å². The van der Waals surface area contributed by atoms with Crippen molar-refractivity contribution in [3.63, 3.8) is 0 Å². The van der Waals surface area contributed by atoms with E-state index in [1.165, 1.54) is 0 Å². The maximum Gasteiger partial charge on any atom is 0.316 e. The molecule has 1 aliphatic rings. The summed E-state index contributed by atoms with van der Waals surface area (Å²) in [6.45, 7) is 2.06. The fraction of sp³-hybridized carbons (Fsp3) is 0.375. The smallest absolute Gasteiger partial charge is 0.316 e. The van der Waals surface area contributed by atoms with E-state index in [1.807, 2.05) is 0 Å². The Kier molecular flexibility index (Phi) is 2.63. The first-order chi connectivity index (χ1) is 7.65. The number of guanidine groups is 1. The number of hydrogen-bond acceptors (Lipinski definition) is 6. The van der Waals surface area contributed by atoms with Crippen LogP contribution in [0.2, 0.25) is 0 Å². The second-order valence-electron chi connectivity index (χ2n) is 3.12. The van der Waals surface area contributed by atoms with Crippen molar-refractivity contribution in [3.05, 3.63) is 11.7 Å². The number of aryl methyl sites for hydroxylation is 1. The normalized spacial score (nSPS) is 14.9. The molecule has 16 heavy (non-hydrogen) atoms. The van der Waals surface area contributed by atoms with Crippen LogP contribution in [0, 0.1) is 6.92 Å². The molecule has 1 fully saturated rings. The van der Waals surface area contributed by atoms with Crippen molar-refractivity contribution in [1.82, 2.24) is 20.8 Å². The van der Waals surface area contributed by atoms with Crippen LogP contribution in [0.4, 0.5) is 0 Å². The maximum absolute atomic E-state index is 10.8. The third-order valence-corrected chi connectivity index (χ3v) is 1.84. The van der Waals surface area contributed by atoms with Gasteiger partial charge in [-0.05, 0) is 6.92 Å². The molecule has 2 amide bonds. The molecule has 0 saturated carbocycles. The van der Waals surface area contributed by atoms with E-state index < -0.39 is 11.8 Å². The molecular formula is C8H9N5O3. The summed E-state index contributed by atoms with van der Waals surface area (Å²) in [7, 11) is 0. The van der Waals surface area contributed by atoms with Crippen LogP contribution in [-0.4, -0.2) is 34.5 Å². The highest BCUT2D eigenvalue weighted by Gasteiger charge is 2.24. The predicted molar refractivity (Wildman–Crippen MR) is 51.3 cm³/mol.